The van der Waals surface area contributed by atoms with E-state index in [1.807, 2.05) is 12.1 Å². The third-order valence-electron chi connectivity index (χ3n) is 1.21. The smallest absolute Gasteiger partial charge is 0.0735 e. The summed E-state index contributed by atoms with van der Waals surface area (Å²) in [5.74, 6) is 0. The molecule has 0 spiro atoms. The van der Waals surface area contributed by atoms with E-state index in [1.165, 1.54) is 0 Å². The summed E-state index contributed by atoms with van der Waals surface area (Å²) in [7, 11) is 0. The van der Waals surface area contributed by atoms with E-state index in [9.17, 15) is 0 Å². The van der Waals surface area contributed by atoms with Gasteiger partial charge >= 0.3 is 0 Å². The topological polar surface area (TPSA) is 28.7 Å². The second kappa shape index (κ2) is 1.58. The lowest BCUT2D eigenvalue weighted by molar-refractivity contribution is 1.12. The number of benzene rings is 1. The van der Waals surface area contributed by atoms with E-state index < -0.39 is 0 Å². The molecule has 1 aromatic heterocycles. The first kappa shape index (κ1) is 4.56. The fourth-order valence-corrected chi connectivity index (χ4v) is 0.767. The van der Waals surface area contributed by atoms with Gasteiger partial charge in [0.1, 0.15) is 0 Å². The molecule has 0 aliphatic heterocycles. The summed E-state index contributed by atoms with van der Waals surface area (Å²) in [6.45, 7) is 0. The van der Waals surface area contributed by atoms with E-state index in [2.05, 4.69) is 22.3 Å². The minimum absolute atomic E-state index is 0.914. The van der Waals surface area contributed by atoms with Crippen LogP contribution in [0, 0.1) is 12.1 Å². The van der Waals surface area contributed by atoms with Gasteiger partial charge in [-0.15, -0.1) is 0 Å². The molecule has 0 saturated heterocycles. The average Bonchev–Trinajstić information content (AvgIpc) is 2.33. The number of aromatic amines is 1. The predicted molar refractivity (Wildman–Crippen MR) is 33.8 cm³/mol. The molecule has 2 radical (unpaired) electrons. The van der Waals surface area contributed by atoms with E-state index in [-0.39, 0.29) is 0 Å². The molecule has 0 unspecified atom stereocenters. The van der Waals surface area contributed by atoms with Crippen molar-refractivity contribution < 1.29 is 0 Å². The zero-order valence-corrected chi connectivity index (χ0v) is 4.68. The van der Waals surface area contributed by atoms with Crippen LogP contribution in [0.25, 0.3) is 10.9 Å². The average molecular weight is 116 g/mol. The molecule has 1 N–H and O–H groups in total. The van der Waals surface area contributed by atoms with Crippen molar-refractivity contribution in [2.45, 2.75) is 0 Å². The van der Waals surface area contributed by atoms with Crippen molar-refractivity contribution in [1.29, 1.82) is 0 Å². The number of hydrogen-bond donors (Lipinski definition) is 1. The number of nitrogens with one attached hydrogen (secondary N) is 1. The molecule has 0 saturated carbocycles. The van der Waals surface area contributed by atoms with Crippen molar-refractivity contribution in [3.8, 4) is 0 Å². The molecule has 0 aliphatic rings. The van der Waals surface area contributed by atoms with E-state index >= 15 is 0 Å². The molecular weight excluding hydrogens is 112 g/mol. The highest BCUT2D eigenvalue weighted by Gasteiger charge is 1.89. The zero-order valence-electron chi connectivity index (χ0n) is 4.68. The quantitative estimate of drug-likeness (QED) is 0.549. The Balaban J connectivity index is 2.95. The Hall–Kier alpha value is -1.31. The fourth-order valence-electron chi connectivity index (χ4n) is 0.767. The highest BCUT2D eigenvalue weighted by atomic mass is 15.1. The lowest BCUT2D eigenvalue weighted by atomic mass is 10.3. The number of nitrogens with zero attached hydrogens (tertiary/aromatic N) is 1. The number of rotatable bonds is 0. The Bertz CT molecular complexity index is 281. The lowest BCUT2D eigenvalue weighted by Gasteiger charge is -1.79. The molecule has 2 heteroatoms. The van der Waals surface area contributed by atoms with E-state index in [1.54, 1.807) is 6.20 Å². The Morgan fingerprint density at radius 2 is 2.56 bits per heavy atom. The molecule has 9 heavy (non-hydrogen) atoms. The largest absolute Gasteiger partial charge is 0.277 e. The third-order valence-corrected chi connectivity index (χ3v) is 1.21. The number of H-pyrrole nitrogens is 1. The van der Waals surface area contributed by atoms with Gasteiger partial charge in [-0.2, -0.15) is 5.10 Å². The van der Waals surface area contributed by atoms with Gasteiger partial charge in [0.05, 0.1) is 11.7 Å². The van der Waals surface area contributed by atoms with E-state index in [0.29, 0.717) is 0 Å². The van der Waals surface area contributed by atoms with E-state index in [4.69, 9.17) is 0 Å². The number of aromatic nitrogens is 2. The van der Waals surface area contributed by atoms with Crippen LogP contribution in [0.15, 0.2) is 18.3 Å². The Morgan fingerprint density at radius 1 is 1.56 bits per heavy atom. The molecule has 1 aromatic carbocycles. The van der Waals surface area contributed by atoms with Crippen LogP contribution in [-0.4, -0.2) is 10.2 Å². The van der Waals surface area contributed by atoms with Gasteiger partial charge < -0.3 is 0 Å². The molecule has 0 atom stereocenters. The second-order valence-corrected chi connectivity index (χ2v) is 1.80. The number of hydrogen-bond acceptors (Lipinski definition) is 1. The Morgan fingerprint density at radius 3 is 3.44 bits per heavy atom. The first-order valence-corrected chi connectivity index (χ1v) is 2.68. The van der Waals surface area contributed by atoms with Crippen LogP contribution in [0.1, 0.15) is 0 Å². The second-order valence-electron chi connectivity index (χ2n) is 1.80. The maximum absolute atomic E-state index is 3.83. The van der Waals surface area contributed by atoms with Gasteiger partial charge in [0.15, 0.2) is 0 Å². The van der Waals surface area contributed by atoms with Crippen molar-refractivity contribution in [3.63, 3.8) is 0 Å². The minimum atomic E-state index is 0.914. The minimum Gasteiger partial charge on any atom is -0.277 e. The Labute approximate surface area is 52.5 Å². The van der Waals surface area contributed by atoms with Crippen molar-refractivity contribution in [2.24, 2.45) is 0 Å². The van der Waals surface area contributed by atoms with Crippen LogP contribution in [0.4, 0.5) is 0 Å². The molecule has 2 nitrogen and oxygen atoms in total. The zero-order chi connectivity index (χ0) is 6.10. The highest BCUT2D eigenvalue weighted by Crippen LogP contribution is 2.05. The van der Waals surface area contributed by atoms with Crippen LogP contribution in [0.2, 0.25) is 0 Å². The Kier molecular flexibility index (Phi) is 0.803. The van der Waals surface area contributed by atoms with Gasteiger partial charge in [-0.25, -0.2) is 0 Å². The van der Waals surface area contributed by atoms with Crippen LogP contribution in [0.5, 0.6) is 0 Å². The third kappa shape index (κ3) is 0.598. The molecule has 0 fully saturated rings. The van der Waals surface area contributed by atoms with Crippen molar-refractivity contribution >= 4 is 10.9 Å². The molecular formula is C7H4N2. The van der Waals surface area contributed by atoms with Gasteiger partial charge in [-0.1, -0.05) is 12.1 Å². The lowest BCUT2D eigenvalue weighted by Crippen LogP contribution is -1.65. The first-order chi connectivity index (χ1) is 4.47. The summed E-state index contributed by atoms with van der Waals surface area (Å²) < 4.78 is 0. The summed E-state index contributed by atoms with van der Waals surface area (Å²) in [5, 5.41) is 7.69. The molecule has 1 heterocycles. The SMILES string of the molecule is [c]1[c]c2[nH]ncc2cc1. The summed E-state index contributed by atoms with van der Waals surface area (Å²) >= 11 is 0. The van der Waals surface area contributed by atoms with Crippen LogP contribution >= 0.6 is 0 Å². The summed E-state index contributed by atoms with van der Waals surface area (Å²) in [6, 6.07) is 9.47. The maximum Gasteiger partial charge on any atom is 0.0735 e. The standard InChI is InChI=1S/C7H4N2/c1-2-4-7-6(3-1)5-8-9-7/h1,3,5H,(H,8,9). The molecule has 2 aromatic rings. The van der Waals surface area contributed by atoms with Gasteiger partial charge in [-0.05, 0) is 6.07 Å². The van der Waals surface area contributed by atoms with Crippen LogP contribution in [0.3, 0.4) is 0 Å². The molecule has 0 amide bonds. The first-order valence-electron chi connectivity index (χ1n) is 2.68. The molecule has 0 aliphatic carbocycles. The van der Waals surface area contributed by atoms with E-state index in [0.717, 1.165) is 10.9 Å². The molecule has 42 valence electrons. The predicted octanol–water partition coefficient (Wildman–Crippen LogP) is 1.16. The summed E-state index contributed by atoms with van der Waals surface area (Å²) in [5.41, 5.74) is 0.914. The summed E-state index contributed by atoms with van der Waals surface area (Å²) in [6.07, 6.45) is 1.76. The van der Waals surface area contributed by atoms with Crippen molar-refractivity contribution in [1.82, 2.24) is 10.2 Å². The van der Waals surface area contributed by atoms with Crippen molar-refractivity contribution in [2.75, 3.05) is 0 Å². The van der Waals surface area contributed by atoms with Gasteiger partial charge in [-0.3, -0.25) is 5.10 Å². The summed E-state index contributed by atoms with van der Waals surface area (Å²) in [4.78, 5) is 0. The van der Waals surface area contributed by atoms with Gasteiger partial charge in [0.2, 0.25) is 0 Å². The maximum atomic E-state index is 3.83. The van der Waals surface area contributed by atoms with Gasteiger partial charge in [0, 0.05) is 11.5 Å². The molecule has 0 bridgehead atoms. The molecule has 2 rings (SSSR count). The van der Waals surface area contributed by atoms with Crippen LogP contribution in [-0.2, 0) is 0 Å². The number of fused-ring (bicyclic) bond motifs is 1. The van der Waals surface area contributed by atoms with Gasteiger partial charge in [0.25, 0.3) is 0 Å². The highest BCUT2D eigenvalue weighted by molar-refractivity contribution is 5.76. The van der Waals surface area contributed by atoms with Crippen LogP contribution < -0.4 is 0 Å². The normalized spacial score (nSPS) is 10.2. The fraction of sp³-hybridized carbons (Fsp3) is 0. The van der Waals surface area contributed by atoms with Crippen molar-refractivity contribution in [3.05, 3.63) is 30.5 Å². The monoisotopic (exact) mass is 116 g/mol.